The molecule has 3 aromatic rings. The van der Waals surface area contributed by atoms with Gasteiger partial charge in [-0.25, -0.2) is 0 Å². The molecule has 3 aromatic carbocycles. The van der Waals surface area contributed by atoms with E-state index in [1.165, 1.54) is 12.1 Å². The van der Waals surface area contributed by atoms with Crippen LogP contribution in [0, 0.1) is 20.2 Å². The first-order valence-corrected chi connectivity index (χ1v) is 9.57. The number of hydrogen-bond acceptors (Lipinski definition) is 6. The van der Waals surface area contributed by atoms with Gasteiger partial charge in [-0.15, -0.1) is 0 Å². The lowest BCUT2D eigenvalue weighted by molar-refractivity contribution is -0.384. The van der Waals surface area contributed by atoms with Crippen molar-refractivity contribution in [3.63, 3.8) is 0 Å². The van der Waals surface area contributed by atoms with E-state index in [0.717, 1.165) is 24.0 Å². The van der Waals surface area contributed by atoms with Crippen molar-refractivity contribution in [2.45, 2.75) is 12.8 Å². The Balaban J connectivity index is 1.48. The molecule has 0 heterocycles. The Hall–Kier alpha value is -3.94. The summed E-state index contributed by atoms with van der Waals surface area (Å²) in [5.74, 6) is 0. The van der Waals surface area contributed by atoms with Crippen LogP contribution in [0.15, 0.2) is 72.8 Å². The second-order valence-electron chi connectivity index (χ2n) is 6.72. The summed E-state index contributed by atoms with van der Waals surface area (Å²) in [5, 5.41) is 28.3. The summed E-state index contributed by atoms with van der Waals surface area (Å²) in [7, 11) is 0. The van der Waals surface area contributed by atoms with E-state index >= 15 is 0 Å². The van der Waals surface area contributed by atoms with Gasteiger partial charge in [0.05, 0.1) is 9.85 Å². The van der Waals surface area contributed by atoms with E-state index < -0.39 is 9.85 Å². The highest BCUT2D eigenvalue weighted by Gasteiger charge is 2.12. The van der Waals surface area contributed by atoms with Crippen LogP contribution in [0.5, 0.6) is 0 Å². The minimum Gasteiger partial charge on any atom is -0.379 e. The maximum Gasteiger partial charge on any atom is 0.292 e. The van der Waals surface area contributed by atoms with Crippen LogP contribution in [-0.4, -0.2) is 22.9 Å². The Morgan fingerprint density at radius 1 is 0.600 bits per heavy atom. The standard InChI is InChI=1S/C22H22N4O4/c27-25(28)21-7-3-1-5-19(21)23-15-13-17-9-11-18(12-10-17)14-16-24-20-6-2-4-8-22(20)26(29)30/h1-12,23-24H,13-16H2. The number of nitro groups is 2. The third-order valence-corrected chi connectivity index (χ3v) is 4.68. The molecule has 0 atom stereocenters. The minimum absolute atomic E-state index is 0.0685. The van der Waals surface area contributed by atoms with Crippen molar-refractivity contribution in [2.24, 2.45) is 0 Å². The summed E-state index contributed by atoms with van der Waals surface area (Å²) in [6.07, 6.45) is 1.47. The molecular formula is C22H22N4O4. The van der Waals surface area contributed by atoms with Crippen LogP contribution >= 0.6 is 0 Å². The van der Waals surface area contributed by atoms with Gasteiger partial charge in [-0.3, -0.25) is 20.2 Å². The van der Waals surface area contributed by atoms with Crippen molar-refractivity contribution in [1.29, 1.82) is 0 Å². The Kier molecular flexibility index (Phi) is 6.94. The lowest BCUT2D eigenvalue weighted by Gasteiger charge is -2.09. The molecule has 154 valence electrons. The van der Waals surface area contributed by atoms with E-state index in [1.807, 2.05) is 24.3 Å². The third-order valence-electron chi connectivity index (χ3n) is 4.68. The zero-order valence-electron chi connectivity index (χ0n) is 16.3. The van der Waals surface area contributed by atoms with Gasteiger partial charge < -0.3 is 10.6 Å². The second-order valence-corrected chi connectivity index (χ2v) is 6.72. The van der Waals surface area contributed by atoms with Gasteiger partial charge in [0.15, 0.2) is 0 Å². The van der Waals surface area contributed by atoms with E-state index in [0.29, 0.717) is 24.5 Å². The predicted octanol–water partition coefficient (Wildman–Crippen LogP) is 4.81. The summed E-state index contributed by atoms with van der Waals surface area (Å²) >= 11 is 0. The number of para-hydroxylation sites is 4. The molecule has 8 nitrogen and oxygen atoms in total. The van der Waals surface area contributed by atoms with E-state index in [2.05, 4.69) is 10.6 Å². The molecule has 8 heteroatoms. The van der Waals surface area contributed by atoms with Gasteiger partial charge in [0.25, 0.3) is 11.4 Å². The number of rotatable bonds is 10. The first-order chi connectivity index (χ1) is 14.5. The summed E-state index contributed by atoms with van der Waals surface area (Å²) in [6, 6.07) is 21.3. The summed E-state index contributed by atoms with van der Waals surface area (Å²) in [4.78, 5) is 21.3. The number of nitrogens with zero attached hydrogens (tertiary/aromatic N) is 2. The van der Waals surface area contributed by atoms with E-state index in [9.17, 15) is 20.2 Å². The van der Waals surface area contributed by atoms with Crippen molar-refractivity contribution < 1.29 is 9.85 Å². The molecule has 2 N–H and O–H groups in total. The summed E-state index contributed by atoms with van der Waals surface area (Å²) < 4.78 is 0. The Labute approximate surface area is 173 Å². The van der Waals surface area contributed by atoms with Crippen LogP contribution in [0.25, 0.3) is 0 Å². The lowest BCUT2D eigenvalue weighted by Crippen LogP contribution is -2.08. The highest BCUT2D eigenvalue weighted by molar-refractivity contribution is 5.61. The normalized spacial score (nSPS) is 10.4. The predicted molar refractivity (Wildman–Crippen MR) is 117 cm³/mol. The fourth-order valence-electron chi connectivity index (χ4n) is 3.12. The smallest absolute Gasteiger partial charge is 0.292 e. The van der Waals surface area contributed by atoms with Gasteiger partial charge in [0.2, 0.25) is 0 Å². The molecule has 0 unspecified atom stereocenters. The molecule has 0 saturated heterocycles. The fraction of sp³-hybridized carbons (Fsp3) is 0.182. The van der Waals surface area contributed by atoms with Crippen molar-refractivity contribution in [2.75, 3.05) is 23.7 Å². The number of nitro benzene ring substituents is 2. The molecule has 0 aromatic heterocycles. The second kappa shape index (κ2) is 10.0. The van der Waals surface area contributed by atoms with Gasteiger partial charge in [-0.05, 0) is 36.1 Å². The highest BCUT2D eigenvalue weighted by Crippen LogP contribution is 2.24. The average Bonchev–Trinajstić information content (AvgIpc) is 2.75. The quantitative estimate of drug-likeness (QED) is 0.369. The number of benzene rings is 3. The molecule has 0 spiro atoms. The van der Waals surface area contributed by atoms with Gasteiger partial charge >= 0.3 is 0 Å². The zero-order valence-corrected chi connectivity index (χ0v) is 16.3. The third kappa shape index (κ3) is 5.54. The summed E-state index contributed by atoms with van der Waals surface area (Å²) in [5.41, 5.74) is 3.41. The Morgan fingerprint density at radius 2 is 0.967 bits per heavy atom. The minimum atomic E-state index is -0.394. The van der Waals surface area contributed by atoms with E-state index in [-0.39, 0.29) is 11.4 Å². The topological polar surface area (TPSA) is 110 Å². The average molecular weight is 406 g/mol. The number of nitrogens with one attached hydrogen (secondary N) is 2. The molecule has 0 fully saturated rings. The molecule has 30 heavy (non-hydrogen) atoms. The molecule has 3 rings (SSSR count). The van der Waals surface area contributed by atoms with Crippen LogP contribution in [0.3, 0.4) is 0 Å². The zero-order chi connectivity index (χ0) is 21.3. The molecule has 0 aliphatic heterocycles. The van der Waals surface area contributed by atoms with E-state index in [1.54, 1.807) is 36.4 Å². The summed E-state index contributed by atoms with van der Waals surface area (Å²) in [6.45, 7) is 1.17. The first kappa shape index (κ1) is 20.8. The maximum atomic E-state index is 11.0. The molecule has 0 aliphatic rings. The van der Waals surface area contributed by atoms with Gasteiger partial charge in [0, 0.05) is 25.2 Å². The SMILES string of the molecule is O=[N+]([O-])c1ccccc1NCCc1ccc(CCNc2ccccc2[N+](=O)[O-])cc1. The molecule has 0 amide bonds. The van der Waals surface area contributed by atoms with Crippen molar-refractivity contribution in [3.05, 3.63) is 104 Å². The van der Waals surface area contributed by atoms with Crippen LogP contribution in [0.1, 0.15) is 11.1 Å². The lowest BCUT2D eigenvalue weighted by atomic mass is 10.1. The van der Waals surface area contributed by atoms with Crippen molar-refractivity contribution in [1.82, 2.24) is 0 Å². The maximum absolute atomic E-state index is 11.0. The van der Waals surface area contributed by atoms with Crippen LogP contribution in [-0.2, 0) is 12.8 Å². The Morgan fingerprint density at radius 3 is 1.33 bits per heavy atom. The molecule has 0 saturated carbocycles. The highest BCUT2D eigenvalue weighted by atomic mass is 16.6. The van der Waals surface area contributed by atoms with E-state index in [4.69, 9.17) is 0 Å². The molecule has 0 radical (unpaired) electrons. The van der Waals surface area contributed by atoms with Gasteiger partial charge in [-0.1, -0.05) is 48.5 Å². The molecular weight excluding hydrogens is 384 g/mol. The largest absolute Gasteiger partial charge is 0.379 e. The van der Waals surface area contributed by atoms with Crippen LogP contribution in [0.2, 0.25) is 0 Å². The van der Waals surface area contributed by atoms with Crippen LogP contribution < -0.4 is 10.6 Å². The van der Waals surface area contributed by atoms with Crippen molar-refractivity contribution in [3.8, 4) is 0 Å². The van der Waals surface area contributed by atoms with Crippen molar-refractivity contribution >= 4 is 22.7 Å². The molecule has 0 bridgehead atoms. The van der Waals surface area contributed by atoms with Gasteiger partial charge in [-0.2, -0.15) is 0 Å². The fourth-order valence-corrected chi connectivity index (χ4v) is 3.12. The first-order valence-electron chi connectivity index (χ1n) is 9.57. The number of hydrogen-bond donors (Lipinski definition) is 2. The number of anilines is 2. The monoisotopic (exact) mass is 406 g/mol. The van der Waals surface area contributed by atoms with Gasteiger partial charge in [0.1, 0.15) is 11.4 Å². The van der Waals surface area contributed by atoms with Crippen LogP contribution in [0.4, 0.5) is 22.7 Å². The molecule has 0 aliphatic carbocycles. The Bertz CT molecular complexity index is 939.